The van der Waals surface area contributed by atoms with Crippen molar-refractivity contribution in [3.63, 3.8) is 0 Å². The Morgan fingerprint density at radius 3 is 2.50 bits per heavy atom. The fourth-order valence-electron chi connectivity index (χ4n) is 3.45. The molecule has 0 saturated carbocycles. The normalized spacial score (nSPS) is 11.1. The number of nitrogens with zero attached hydrogens (tertiary/aromatic N) is 4. The average molecular weight is 429 g/mol. The number of hydrogen-bond acceptors (Lipinski definition) is 5. The van der Waals surface area contributed by atoms with Gasteiger partial charge in [0.05, 0.1) is 24.2 Å². The standard InChI is InChI=1S/C23H16FN5O3/c1-32-17-8-4-15(5-9-17)22(30)27-28-11-10-20-19(23(28)31)12-25-21-18(13-26-29(20)21)14-2-6-16(24)7-3-14/h2-13H,1H3,(H,27,30). The summed E-state index contributed by atoms with van der Waals surface area (Å²) in [6, 6.07) is 14.2. The zero-order valence-corrected chi connectivity index (χ0v) is 16.8. The Hall–Kier alpha value is -4.53. The first-order chi connectivity index (χ1) is 15.5. The van der Waals surface area contributed by atoms with E-state index in [1.807, 2.05) is 0 Å². The predicted molar refractivity (Wildman–Crippen MR) is 117 cm³/mol. The zero-order valence-electron chi connectivity index (χ0n) is 16.8. The van der Waals surface area contributed by atoms with Crippen LogP contribution >= 0.6 is 0 Å². The lowest BCUT2D eigenvalue weighted by molar-refractivity contribution is 0.101. The highest BCUT2D eigenvalue weighted by Gasteiger charge is 2.14. The van der Waals surface area contributed by atoms with Crippen LogP contribution in [-0.2, 0) is 0 Å². The number of fused-ring (bicyclic) bond motifs is 3. The summed E-state index contributed by atoms with van der Waals surface area (Å²) in [7, 11) is 1.54. The number of carbonyl (C=O) groups is 1. The van der Waals surface area contributed by atoms with Gasteiger partial charge in [0.25, 0.3) is 11.5 Å². The van der Waals surface area contributed by atoms with Crippen LogP contribution in [0.2, 0.25) is 0 Å². The van der Waals surface area contributed by atoms with Crippen LogP contribution in [0.5, 0.6) is 5.75 Å². The molecule has 3 aromatic heterocycles. The lowest BCUT2D eigenvalue weighted by Gasteiger charge is -2.10. The molecule has 5 rings (SSSR count). The Labute approximate surface area is 180 Å². The second-order valence-corrected chi connectivity index (χ2v) is 7.02. The van der Waals surface area contributed by atoms with Gasteiger partial charge in [0.2, 0.25) is 0 Å². The lowest BCUT2D eigenvalue weighted by Crippen LogP contribution is -2.32. The lowest BCUT2D eigenvalue weighted by atomic mass is 10.1. The molecule has 158 valence electrons. The minimum absolute atomic E-state index is 0.281. The van der Waals surface area contributed by atoms with Gasteiger partial charge in [-0.3, -0.25) is 15.0 Å². The van der Waals surface area contributed by atoms with E-state index < -0.39 is 11.5 Å². The first kappa shape index (κ1) is 19.4. The molecule has 0 aliphatic carbocycles. The van der Waals surface area contributed by atoms with Crippen molar-refractivity contribution >= 4 is 22.5 Å². The molecule has 0 spiro atoms. The summed E-state index contributed by atoms with van der Waals surface area (Å²) < 4.78 is 21.0. The molecule has 2 aromatic carbocycles. The molecular weight excluding hydrogens is 413 g/mol. The number of halogens is 1. The van der Waals surface area contributed by atoms with Crippen molar-refractivity contribution in [3.05, 3.63) is 94.9 Å². The van der Waals surface area contributed by atoms with Crippen LogP contribution in [0.1, 0.15) is 10.4 Å². The molecule has 32 heavy (non-hydrogen) atoms. The van der Waals surface area contributed by atoms with E-state index in [0.717, 1.165) is 10.2 Å². The highest BCUT2D eigenvalue weighted by atomic mass is 19.1. The van der Waals surface area contributed by atoms with E-state index in [0.29, 0.717) is 28.0 Å². The average Bonchev–Trinajstić information content (AvgIpc) is 3.26. The fourth-order valence-corrected chi connectivity index (χ4v) is 3.45. The molecule has 0 atom stereocenters. The minimum Gasteiger partial charge on any atom is -0.497 e. The quantitative estimate of drug-likeness (QED) is 0.474. The third-order valence-corrected chi connectivity index (χ3v) is 5.12. The maximum Gasteiger partial charge on any atom is 0.280 e. The highest BCUT2D eigenvalue weighted by Crippen LogP contribution is 2.25. The predicted octanol–water partition coefficient (Wildman–Crippen LogP) is 3.24. The molecule has 0 unspecified atom stereocenters. The molecule has 1 amide bonds. The maximum atomic E-state index is 13.3. The van der Waals surface area contributed by atoms with E-state index in [1.54, 1.807) is 53.2 Å². The van der Waals surface area contributed by atoms with Gasteiger partial charge in [0.1, 0.15) is 11.6 Å². The number of amides is 1. The molecule has 0 aliphatic heterocycles. The van der Waals surface area contributed by atoms with E-state index in [9.17, 15) is 14.0 Å². The summed E-state index contributed by atoms with van der Waals surface area (Å²) in [6.45, 7) is 0. The van der Waals surface area contributed by atoms with Crippen molar-refractivity contribution in [2.75, 3.05) is 12.5 Å². The van der Waals surface area contributed by atoms with Crippen molar-refractivity contribution in [2.45, 2.75) is 0 Å². The first-order valence-corrected chi connectivity index (χ1v) is 9.64. The molecule has 0 aliphatic rings. The highest BCUT2D eigenvalue weighted by molar-refractivity contribution is 6.00. The SMILES string of the molecule is COc1ccc(C(=O)Nn2ccc3c(cnc4c(-c5ccc(F)cc5)cnn43)c2=O)cc1. The number of pyridine rings is 1. The third-order valence-electron chi connectivity index (χ3n) is 5.12. The number of ether oxygens (including phenoxy) is 1. The van der Waals surface area contributed by atoms with Gasteiger partial charge in [-0.2, -0.15) is 5.10 Å². The van der Waals surface area contributed by atoms with E-state index in [2.05, 4.69) is 15.5 Å². The van der Waals surface area contributed by atoms with Crippen molar-refractivity contribution < 1.29 is 13.9 Å². The number of benzene rings is 2. The van der Waals surface area contributed by atoms with Gasteiger partial charge >= 0.3 is 0 Å². The van der Waals surface area contributed by atoms with Crippen LogP contribution in [0.15, 0.2) is 78.0 Å². The number of nitrogens with one attached hydrogen (secondary N) is 1. The number of aromatic nitrogens is 4. The molecule has 3 heterocycles. The van der Waals surface area contributed by atoms with E-state index in [4.69, 9.17) is 4.74 Å². The molecule has 0 bridgehead atoms. The van der Waals surface area contributed by atoms with Crippen LogP contribution in [0.25, 0.3) is 27.7 Å². The Kier molecular flexibility index (Phi) is 4.63. The van der Waals surface area contributed by atoms with Crippen molar-refractivity contribution in [1.29, 1.82) is 0 Å². The molecule has 0 saturated heterocycles. The van der Waals surface area contributed by atoms with Gasteiger partial charge in [-0.15, -0.1) is 0 Å². The maximum absolute atomic E-state index is 13.3. The van der Waals surface area contributed by atoms with Crippen LogP contribution in [0.4, 0.5) is 4.39 Å². The number of hydrogen-bond donors (Lipinski definition) is 1. The minimum atomic E-state index is -0.447. The second kappa shape index (κ2) is 7.62. The monoisotopic (exact) mass is 429 g/mol. The third kappa shape index (κ3) is 3.25. The summed E-state index contributed by atoms with van der Waals surface area (Å²) in [5.74, 6) is -0.152. The summed E-state index contributed by atoms with van der Waals surface area (Å²) in [6.07, 6.45) is 4.52. The van der Waals surface area contributed by atoms with Gasteiger partial charge in [0, 0.05) is 23.5 Å². The molecule has 5 aromatic rings. The zero-order chi connectivity index (χ0) is 22.2. The molecule has 9 heteroatoms. The number of methoxy groups -OCH3 is 1. The van der Waals surface area contributed by atoms with Gasteiger partial charge in [-0.05, 0) is 48.0 Å². The van der Waals surface area contributed by atoms with Crippen molar-refractivity contribution in [1.82, 2.24) is 19.3 Å². The molecular formula is C23H16FN5O3. The Morgan fingerprint density at radius 1 is 1.03 bits per heavy atom. The van der Waals surface area contributed by atoms with Gasteiger partial charge in [-0.1, -0.05) is 12.1 Å². The van der Waals surface area contributed by atoms with Crippen LogP contribution in [0, 0.1) is 5.82 Å². The van der Waals surface area contributed by atoms with Crippen LogP contribution in [0.3, 0.4) is 0 Å². The van der Waals surface area contributed by atoms with Gasteiger partial charge in [0.15, 0.2) is 5.65 Å². The van der Waals surface area contributed by atoms with Crippen molar-refractivity contribution in [3.8, 4) is 16.9 Å². The molecule has 1 N–H and O–H groups in total. The summed E-state index contributed by atoms with van der Waals surface area (Å²) in [5.41, 5.74) is 5.03. The smallest absolute Gasteiger partial charge is 0.280 e. The van der Waals surface area contributed by atoms with Gasteiger partial charge < -0.3 is 4.74 Å². The number of rotatable bonds is 4. The second-order valence-electron chi connectivity index (χ2n) is 7.02. The summed E-state index contributed by atoms with van der Waals surface area (Å²) in [4.78, 5) is 29.9. The van der Waals surface area contributed by atoms with Crippen LogP contribution < -0.4 is 15.7 Å². The topological polar surface area (TPSA) is 90.5 Å². The van der Waals surface area contributed by atoms with Crippen LogP contribution in [-0.4, -0.2) is 32.3 Å². The molecule has 0 fully saturated rings. The molecule has 0 radical (unpaired) electrons. The van der Waals surface area contributed by atoms with E-state index in [-0.39, 0.29) is 11.2 Å². The van der Waals surface area contributed by atoms with Crippen molar-refractivity contribution in [2.24, 2.45) is 0 Å². The van der Waals surface area contributed by atoms with Gasteiger partial charge in [-0.25, -0.2) is 18.6 Å². The van der Waals surface area contributed by atoms with E-state index >= 15 is 0 Å². The Bertz CT molecular complexity index is 1520. The fraction of sp³-hybridized carbons (Fsp3) is 0.0435. The Balaban J connectivity index is 1.52. The number of carbonyl (C=O) groups excluding carboxylic acids is 1. The Morgan fingerprint density at radius 2 is 1.78 bits per heavy atom. The largest absolute Gasteiger partial charge is 0.497 e. The summed E-state index contributed by atoms with van der Waals surface area (Å²) >= 11 is 0. The van der Waals surface area contributed by atoms with E-state index in [1.165, 1.54) is 31.6 Å². The molecule has 8 nitrogen and oxygen atoms in total. The first-order valence-electron chi connectivity index (χ1n) is 9.64. The summed E-state index contributed by atoms with van der Waals surface area (Å²) in [5, 5.41) is 4.64.